The zero-order valence-corrected chi connectivity index (χ0v) is 22.8. The minimum absolute atomic E-state index is 0.0707. The maximum Gasteiger partial charge on any atom is 0.255 e. The molecule has 0 radical (unpaired) electrons. The standard InChI is InChI=1S/C28H26BrFN2O4S/c1-16-13-17(3-10-23(16)29)11-12-37(34,35)32-24-15-25-22(14-21(24)18-4-5-18)26(28(33)31-2)27(36-25)19-6-8-20(30)9-7-19/h3,6-10,13-15,18,32H,4-5,11-12H2,1-2H3,(H,31,33). The number of fused-ring (bicyclic) bond motifs is 1. The molecule has 9 heteroatoms. The first-order valence-corrected chi connectivity index (χ1v) is 14.4. The van der Waals surface area contributed by atoms with Crippen molar-refractivity contribution >= 4 is 48.5 Å². The Morgan fingerprint density at radius 3 is 2.49 bits per heavy atom. The molecule has 1 aromatic heterocycles. The van der Waals surface area contributed by atoms with Crippen molar-refractivity contribution in [3.63, 3.8) is 0 Å². The van der Waals surface area contributed by atoms with Gasteiger partial charge in [0.2, 0.25) is 10.0 Å². The minimum Gasteiger partial charge on any atom is -0.455 e. The molecule has 0 spiro atoms. The molecule has 0 atom stereocenters. The second-order valence-electron chi connectivity index (χ2n) is 9.36. The molecular formula is C28H26BrFN2O4S. The van der Waals surface area contributed by atoms with E-state index in [-0.39, 0.29) is 17.6 Å². The van der Waals surface area contributed by atoms with Crippen molar-refractivity contribution in [1.82, 2.24) is 5.32 Å². The Bertz CT molecular complexity index is 1610. The second-order valence-corrected chi connectivity index (χ2v) is 12.1. The Balaban J connectivity index is 1.52. The zero-order chi connectivity index (χ0) is 26.3. The van der Waals surface area contributed by atoms with Gasteiger partial charge in [-0.15, -0.1) is 0 Å². The lowest BCUT2D eigenvalue weighted by Gasteiger charge is -2.13. The number of carbonyl (C=O) groups is 1. The molecule has 1 fully saturated rings. The number of aryl methyl sites for hydroxylation is 2. The molecule has 0 saturated heterocycles. The SMILES string of the molecule is CNC(=O)c1c(-c2ccc(F)cc2)oc2cc(NS(=O)(=O)CCc3ccc(Br)c(C)c3)c(C3CC3)cc12. The highest BCUT2D eigenvalue weighted by Crippen LogP contribution is 2.46. The van der Waals surface area contributed by atoms with Crippen LogP contribution >= 0.6 is 15.9 Å². The molecule has 0 aliphatic heterocycles. The monoisotopic (exact) mass is 584 g/mol. The van der Waals surface area contributed by atoms with Crippen LogP contribution in [0, 0.1) is 12.7 Å². The molecular weight excluding hydrogens is 559 g/mol. The summed E-state index contributed by atoms with van der Waals surface area (Å²) in [5, 5.41) is 3.24. The van der Waals surface area contributed by atoms with Crippen molar-refractivity contribution in [3.8, 4) is 11.3 Å². The van der Waals surface area contributed by atoms with Crippen LogP contribution in [0.25, 0.3) is 22.3 Å². The van der Waals surface area contributed by atoms with E-state index in [0.717, 1.165) is 34.0 Å². The van der Waals surface area contributed by atoms with E-state index in [2.05, 4.69) is 26.0 Å². The lowest BCUT2D eigenvalue weighted by Crippen LogP contribution is -2.19. The van der Waals surface area contributed by atoms with Crippen LogP contribution < -0.4 is 10.0 Å². The first kappa shape index (κ1) is 25.5. The number of sulfonamides is 1. The summed E-state index contributed by atoms with van der Waals surface area (Å²) >= 11 is 3.47. The van der Waals surface area contributed by atoms with Crippen LogP contribution in [0.15, 0.2) is 63.5 Å². The quantitative estimate of drug-likeness (QED) is 0.246. The van der Waals surface area contributed by atoms with Gasteiger partial charge in [0.1, 0.15) is 17.2 Å². The van der Waals surface area contributed by atoms with Crippen LogP contribution in [0.4, 0.5) is 10.1 Å². The number of hydrogen-bond acceptors (Lipinski definition) is 4. The number of benzene rings is 3. The lowest BCUT2D eigenvalue weighted by atomic mass is 10.0. The van der Waals surface area contributed by atoms with Gasteiger partial charge in [0, 0.05) is 28.5 Å². The average molecular weight is 585 g/mol. The predicted octanol–water partition coefficient (Wildman–Crippen LogP) is 6.53. The number of amides is 1. The molecule has 1 aliphatic rings. The fourth-order valence-electron chi connectivity index (χ4n) is 4.47. The maximum atomic E-state index is 13.5. The van der Waals surface area contributed by atoms with E-state index in [1.165, 1.54) is 19.2 Å². The van der Waals surface area contributed by atoms with Crippen LogP contribution in [0.2, 0.25) is 0 Å². The zero-order valence-electron chi connectivity index (χ0n) is 20.4. The number of anilines is 1. The van der Waals surface area contributed by atoms with Gasteiger partial charge >= 0.3 is 0 Å². The van der Waals surface area contributed by atoms with E-state index in [4.69, 9.17) is 4.42 Å². The molecule has 5 rings (SSSR count). The Hall–Kier alpha value is -3.17. The van der Waals surface area contributed by atoms with Gasteiger partial charge in [0.05, 0.1) is 17.0 Å². The van der Waals surface area contributed by atoms with Gasteiger partial charge in [0.25, 0.3) is 5.91 Å². The van der Waals surface area contributed by atoms with Crippen LogP contribution in [-0.4, -0.2) is 27.1 Å². The van der Waals surface area contributed by atoms with Gasteiger partial charge in [-0.25, -0.2) is 12.8 Å². The fraction of sp³-hybridized carbons (Fsp3) is 0.250. The summed E-state index contributed by atoms with van der Waals surface area (Å²) in [6.45, 7) is 1.97. The number of rotatable bonds is 8. The number of nitrogens with one attached hydrogen (secondary N) is 2. The van der Waals surface area contributed by atoms with Crippen molar-refractivity contribution < 1.29 is 22.0 Å². The predicted molar refractivity (Wildman–Crippen MR) is 147 cm³/mol. The summed E-state index contributed by atoms with van der Waals surface area (Å²) in [4.78, 5) is 12.9. The van der Waals surface area contributed by atoms with E-state index >= 15 is 0 Å². The smallest absolute Gasteiger partial charge is 0.255 e. The van der Waals surface area contributed by atoms with Gasteiger partial charge in [-0.1, -0.05) is 28.1 Å². The first-order valence-electron chi connectivity index (χ1n) is 12.0. The normalized spacial score (nSPS) is 13.6. The van der Waals surface area contributed by atoms with Crippen LogP contribution in [0.3, 0.4) is 0 Å². The largest absolute Gasteiger partial charge is 0.455 e. The maximum absolute atomic E-state index is 13.5. The van der Waals surface area contributed by atoms with Crippen LogP contribution in [-0.2, 0) is 16.4 Å². The summed E-state index contributed by atoms with van der Waals surface area (Å²) in [6, 6.07) is 15.0. The van der Waals surface area contributed by atoms with E-state index < -0.39 is 15.8 Å². The molecule has 37 heavy (non-hydrogen) atoms. The van der Waals surface area contributed by atoms with Gasteiger partial charge in [-0.05, 0) is 85.2 Å². The molecule has 192 valence electrons. The molecule has 0 bridgehead atoms. The third-order valence-electron chi connectivity index (χ3n) is 6.59. The summed E-state index contributed by atoms with van der Waals surface area (Å²) in [5.74, 6) is -0.288. The van der Waals surface area contributed by atoms with Gasteiger partial charge in [-0.3, -0.25) is 9.52 Å². The molecule has 6 nitrogen and oxygen atoms in total. The van der Waals surface area contributed by atoms with Crippen molar-refractivity contribution in [1.29, 1.82) is 0 Å². The second kappa shape index (κ2) is 9.95. The summed E-state index contributed by atoms with van der Waals surface area (Å²) in [7, 11) is -2.12. The van der Waals surface area contributed by atoms with Gasteiger partial charge in [0.15, 0.2) is 0 Å². The minimum atomic E-state index is -3.66. The lowest BCUT2D eigenvalue weighted by molar-refractivity contribution is 0.0964. The number of halogens is 2. The van der Waals surface area contributed by atoms with Crippen molar-refractivity contribution in [2.45, 2.75) is 32.1 Å². The fourth-order valence-corrected chi connectivity index (χ4v) is 5.83. The molecule has 1 heterocycles. The highest BCUT2D eigenvalue weighted by molar-refractivity contribution is 9.10. The third kappa shape index (κ3) is 5.43. The highest BCUT2D eigenvalue weighted by atomic mass is 79.9. The molecule has 4 aromatic rings. The van der Waals surface area contributed by atoms with Crippen molar-refractivity contribution in [2.24, 2.45) is 0 Å². The number of furan rings is 1. The molecule has 1 saturated carbocycles. The molecule has 3 aromatic carbocycles. The van der Waals surface area contributed by atoms with Gasteiger partial charge < -0.3 is 9.73 Å². The number of carbonyl (C=O) groups excluding carboxylic acids is 1. The van der Waals surface area contributed by atoms with Crippen LogP contribution in [0.5, 0.6) is 0 Å². The molecule has 1 amide bonds. The third-order valence-corrected chi connectivity index (χ3v) is 8.75. The summed E-state index contributed by atoms with van der Waals surface area (Å²) in [6.07, 6.45) is 2.26. The van der Waals surface area contributed by atoms with E-state index in [0.29, 0.717) is 40.0 Å². The Labute approximate surface area is 223 Å². The summed E-state index contributed by atoms with van der Waals surface area (Å²) in [5.41, 5.74) is 4.56. The van der Waals surface area contributed by atoms with E-state index in [9.17, 15) is 17.6 Å². The van der Waals surface area contributed by atoms with E-state index in [1.807, 2.05) is 31.2 Å². The van der Waals surface area contributed by atoms with E-state index in [1.54, 1.807) is 18.2 Å². The van der Waals surface area contributed by atoms with Gasteiger partial charge in [-0.2, -0.15) is 0 Å². The number of hydrogen-bond donors (Lipinski definition) is 2. The highest BCUT2D eigenvalue weighted by Gasteiger charge is 2.30. The topological polar surface area (TPSA) is 88.4 Å². The van der Waals surface area contributed by atoms with Crippen molar-refractivity contribution in [3.05, 3.63) is 87.1 Å². The Kier molecular flexibility index (Phi) is 6.85. The molecule has 1 aliphatic carbocycles. The molecule has 0 unspecified atom stereocenters. The van der Waals surface area contributed by atoms with Crippen LogP contribution in [0.1, 0.15) is 45.8 Å². The molecule has 2 N–H and O–H groups in total. The van der Waals surface area contributed by atoms with Crippen molar-refractivity contribution in [2.75, 3.05) is 17.5 Å². The average Bonchev–Trinajstić information content (AvgIpc) is 3.65. The Morgan fingerprint density at radius 1 is 1.11 bits per heavy atom. The first-order chi connectivity index (χ1) is 17.6. The summed E-state index contributed by atoms with van der Waals surface area (Å²) < 4.78 is 49.5. The Morgan fingerprint density at radius 2 is 1.84 bits per heavy atom.